The Labute approximate surface area is 84.5 Å². The molecule has 1 heteroatoms. The van der Waals surface area contributed by atoms with Gasteiger partial charge in [-0.1, -0.05) is 18.2 Å². The van der Waals surface area contributed by atoms with E-state index in [1.807, 2.05) is 54.6 Å². The smallest absolute Gasteiger partial charge is 0.0746 e. The van der Waals surface area contributed by atoms with Crippen LogP contribution in [0.1, 0.15) is 5.56 Å². The topological polar surface area (TPSA) is 14.1 Å². The van der Waals surface area contributed by atoms with Crippen molar-refractivity contribution in [1.82, 2.24) is 0 Å². The summed E-state index contributed by atoms with van der Waals surface area (Å²) in [6.45, 7) is 0. The first-order valence-electron chi connectivity index (χ1n) is 4.51. The van der Waals surface area contributed by atoms with Crippen molar-refractivity contribution in [2.45, 2.75) is 0 Å². The van der Waals surface area contributed by atoms with Crippen molar-refractivity contribution in [2.24, 2.45) is 0 Å². The minimum absolute atomic E-state index is 0.927. The monoisotopic (exact) mass is 180 g/mol. The lowest BCUT2D eigenvalue weighted by molar-refractivity contribution is 1.47. The number of nitrogens with zero attached hydrogens (tertiary/aromatic N) is 1. The fraction of sp³-hybridized carbons (Fsp3) is 0. The lowest BCUT2D eigenvalue weighted by Gasteiger charge is -2.25. The average Bonchev–Trinajstić information content (AvgIpc) is 2.29. The molecule has 2 rings (SSSR count). The second-order valence-corrected chi connectivity index (χ2v) is 2.91. The number of hydrogen-bond acceptors (Lipinski definition) is 0. The third-order valence-corrected chi connectivity index (χ3v) is 1.85. The molecule has 1 aliphatic rings. The van der Waals surface area contributed by atoms with Crippen LogP contribution in [0.2, 0.25) is 0 Å². The van der Waals surface area contributed by atoms with Crippen molar-refractivity contribution >= 4 is 0 Å². The SMILES string of the molecule is [C-](C=C1C=CC=C[N-]1)c1ccccc1. The highest BCUT2D eigenvalue weighted by atomic mass is 14.8. The van der Waals surface area contributed by atoms with E-state index in [9.17, 15) is 0 Å². The number of allylic oxidation sites excluding steroid dienone is 4. The Morgan fingerprint density at radius 1 is 1.07 bits per heavy atom. The molecule has 1 radical (unpaired) electrons. The Kier molecular flexibility index (Phi) is 2.72. The van der Waals surface area contributed by atoms with Crippen molar-refractivity contribution in [2.75, 3.05) is 0 Å². The van der Waals surface area contributed by atoms with Crippen LogP contribution in [0.3, 0.4) is 0 Å². The fourth-order valence-corrected chi connectivity index (χ4v) is 1.15. The van der Waals surface area contributed by atoms with Crippen molar-refractivity contribution in [3.63, 3.8) is 0 Å². The van der Waals surface area contributed by atoms with Crippen LogP contribution in [0, 0.1) is 6.42 Å². The highest BCUT2D eigenvalue weighted by molar-refractivity contribution is 5.44. The van der Waals surface area contributed by atoms with Gasteiger partial charge >= 0.3 is 0 Å². The maximum atomic E-state index is 4.18. The van der Waals surface area contributed by atoms with Gasteiger partial charge in [-0.3, -0.25) is 0 Å². The van der Waals surface area contributed by atoms with Crippen molar-refractivity contribution < 1.29 is 0 Å². The zero-order valence-electron chi connectivity index (χ0n) is 7.72. The zero-order valence-corrected chi connectivity index (χ0v) is 7.72. The highest BCUT2D eigenvalue weighted by Gasteiger charge is 1.78. The summed E-state index contributed by atoms with van der Waals surface area (Å²) < 4.78 is 0. The molecular weight excluding hydrogens is 170 g/mol. The van der Waals surface area contributed by atoms with Crippen molar-refractivity contribution in [1.29, 1.82) is 0 Å². The van der Waals surface area contributed by atoms with Gasteiger partial charge in [0.25, 0.3) is 0 Å². The van der Waals surface area contributed by atoms with Crippen molar-refractivity contribution in [3.05, 3.63) is 83.8 Å². The van der Waals surface area contributed by atoms with Crippen LogP contribution in [0.4, 0.5) is 0 Å². The van der Waals surface area contributed by atoms with E-state index in [2.05, 4.69) is 11.7 Å². The Bertz CT molecular complexity index is 371. The second-order valence-electron chi connectivity index (χ2n) is 2.91. The highest BCUT2D eigenvalue weighted by Crippen LogP contribution is 2.15. The molecule has 0 atom stereocenters. The molecule has 0 saturated heterocycles. The van der Waals surface area contributed by atoms with E-state index in [0.29, 0.717) is 0 Å². The second kappa shape index (κ2) is 4.38. The van der Waals surface area contributed by atoms with Gasteiger partial charge in [0.2, 0.25) is 0 Å². The normalized spacial score (nSPS) is 16.7. The molecule has 0 saturated carbocycles. The van der Waals surface area contributed by atoms with Crippen LogP contribution in [-0.4, -0.2) is 0 Å². The Hall–Kier alpha value is -1.89. The largest absolute Gasteiger partial charge is 0.707 e. The van der Waals surface area contributed by atoms with Gasteiger partial charge in [-0.15, -0.1) is 42.3 Å². The van der Waals surface area contributed by atoms with Crippen molar-refractivity contribution in [3.8, 4) is 0 Å². The van der Waals surface area contributed by atoms with Crippen LogP contribution in [0.5, 0.6) is 0 Å². The minimum Gasteiger partial charge on any atom is -0.707 e. The van der Waals surface area contributed by atoms with Crippen LogP contribution in [0.15, 0.2) is 66.5 Å². The molecule has 0 N–H and O–H groups in total. The summed E-state index contributed by atoms with van der Waals surface area (Å²) in [6, 6.07) is 10.0. The summed E-state index contributed by atoms with van der Waals surface area (Å²) in [5.41, 5.74) is 1.99. The lowest BCUT2D eigenvalue weighted by atomic mass is 10.1. The van der Waals surface area contributed by atoms with E-state index in [1.165, 1.54) is 0 Å². The Morgan fingerprint density at radius 2 is 1.93 bits per heavy atom. The van der Waals surface area contributed by atoms with Crippen LogP contribution >= 0.6 is 0 Å². The lowest BCUT2D eigenvalue weighted by Crippen LogP contribution is -1.81. The third-order valence-electron chi connectivity index (χ3n) is 1.85. The molecule has 0 fully saturated rings. The van der Waals surface area contributed by atoms with Gasteiger partial charge in [0.05, 0.1) is 0 Å². The van der Waals surface area contributed by atoms with Gasteiger partial charge in [0.1, 0.15) is 0 Å². The summed E-state index contributed by atoms with van der Waals surface area (Å²) in [5.74, 6) is 0. The summed E-state index contributed by atoms with van der Waals surface area (Å²) in [4.78, 5) is 0. The summed E-state index contributed by atoms with van der Waals surface area (Å²) in [7, 11) is 0. The number of rotatable bonds is 2. The van der Waals surface area contributed by atoms with Gasteiger partial charge < -0.3 is 5.32 Å². The predicted molar refractivity (Wildman–Crippen MR) is 58.5 cm³/mol. The molecule has 0 amide bonds. The molecule has 0 aliphatic carbocycles. The van der Waals surface area contributed by atoms with Gasteiger partial charge in [0.15, 0.2) is 0 Å². The summed E-state index contributed by atoms with van der Waals surface area (Å²) in [5, 5.41) is 4.18. The van der Waals surface area contributed by atoms with Gasteiger partial charge in [-0.2, -0.15) is 12.3 Å². The summed E-state index contributed by atoms with van der Waals surface area (Å²) >= 11 is 0. The fourth-order valence-electron chi connectivity index (χ4n) is 1.15. The molecule has 1 nitrogen and oxygen atoms in total. The molecule has 0 spiro atoms. The van der Waals surface area contributed by atoms with Crippen LogP contribution < -0.4 is 0 Å². The van der Waals surface area contributed by atoms with E-state index in [-0.39, 0.29) is 0 Å². The quantitative estimate of drug-likeness (QED) is 0.619. The molecule has 0 unspecified atom stereocenters. The number of benzene rings is 1. The maximum absolute atomic E-state index is 4.18. The molecular formula is C13H10N-2. The van der Waals surface area contributed by atoms with Crippen LogP contribution in [0.25, 0.3) is 5.32 Å². The average molecular weight is 180 g/mol. The molecule has 14 heavy (non-hydrogen) atoms. The van der Waals surface area contributed by atoms with E-state index >= 15 is 0 Å². The summed E-state index contributed by atoms with van der Waals surface area (Å²) in [6.07, 6.45) is 12.7. The first-order chi connectivity index (χ1) is 6.95. The molecule has 1 aromatic carbocycles. The van der Waals surface area contributed by atoms with Gasteiger partial charge in [-0.25, -0.2) is 5.70 Å². The molecule has 1 aliphatic heterocycles. The molecule has 1 aromatic rings. The van der Waals surface area contributed by atoms with Crippen LogP contribution in [-0.2, 0) is 0 Å². The molecule has 0 aromatic heterocycles. The van der Waals surface area contributed by atoms with E-state index in [0.717, 1.165) is 11.3 Å². The van der Waals surface area contributed by atoms with Gasteiger partial charge in [-0.05, 0) is 0 Å². The van der Waals surface area contributed by atoms with E-state index in [4.69, 9.17) is 0 Å². The zero-order chi connectivity index (χ0) is 9.64. The predicted octanol–water partition coefficient (Wildman–Crippen LogP) is 3.46. The van der Waals surface area contributed by atoms with E-state index < -0.39 is 0 Å². The standard InChI is InChI=1S/C13H10N/c1-2-6-12(7-3-1)9-10-13-8-4-5-11-14-13/h1-8,10-11H/q-2. The first-order valence-corrected chi connectivity index (χ1v) is 4.51. The Balaban J connectivity index is 2.00. The van der Waals surface area contributed by atoms with Gasteiger partial charge in [0, 0.05) is 0 Å². The molecule has 1 heterocycles. The Morgan fingerprint density at radius 3 is 2.64 bits per heavy atom. The minimum atomic E-state index is 0.927. The maximum Gasteiger partial charge on any atom is -0.0746 e. The first kappa shape index (κ1) is 8.70. The number of hydrogen-bond donors (Lipinski definition) is 0. The molecule has 69 valence electrons. The van der Waals surface area contributed by atoms with E-state index in [1.54, 1.807) is 6.20 Å². The third kappa shape index (κ3) is 2.30. The molecule has 0 bridgehead atoms.